The molecule has 0 aliphatic carbocycles. The number of carbonyl (C=O) groups excluding carboxylic acids is 2. The molecule has 4 aliphatic heterocycles. The topological polar surface area (TPSA) is 53.6 Å². The fourth-order valence-corrected chi connectivity index (χ4v) is 14.8. The van der Waals surface area contributed by atoms with Crippen LogP contribution < -0.4 is 0 Å². The fourth-order valence-electron chi connectivity index (χ4n) is 5.52. The quantitative estimate of drug-likeness (QED) is 0.174. The molecule has 4 fully saturated rings. The van der Waals surface area contributed by atoms with Crippen LogP contribution in [-0.2, 0) is 0 Å². The van der Waals surface area contributed by atoms with Gasteiger partial charge in [-0.05, 0) is 52.6 Å². The lowest BCUT2D eigenvalue weighted by molar-refractivity contribution is 0.172. The number of carbonyl (C=O) groups is 2. The molecule has 0 saturated carbocycles. The molecular weight excluding hydrogens is 733 g/mol. The highest BCUT2D eigenvalue weighted by molar-refractivity contribution is 8.77. The molecule has 16 heteroatoms. The number of amides is 2. The van der Waals surface area contributed by atoms with E-state index in [2.05, 4.69) is 33.7 Å². The van der Waals surface area contributed by atoms with Crippen LogP contribution in [0.5, 0.6) is 0 Å². The molecule has 0 aromatic carbocycles. The first-order chi connectivity index (χ1) is 22.3. The third-order valence-corrected chi connectivity index (χ3v) is 18.3. The molecule has 4 heterocycles. The maximum absolute atomic E-state index is 13.2. The molecular formula is C30H52N6O2S8. The highest BCUT2D eigenvalue weighted by Gasteiger charge is 2.26. The second-order valence-corrected chi connectivity index (χ2v) is 20.5. The van der Waals surface area contributed by atoms with E-state index in [9.17, 15) is 9.59 Å². The predicted octanol–water partition coefficient (Wildman–Crippen LogP) is 6.31. The second kappa shape index (κ2) is 21.8. The maximum Gasteiger partial charge on any atom is 0.281 e. The van der Waals surface area contributed by atoms with E-state index in [1.807, 2.05) is 31.4 Å². The summed E-state index contributed by atoms with van der Waals surface area (Å²) in [4.78, 5) is 39.6. The average Bonchev–Trinajstić information content (AvgIpc) is 3.09. The zero-order valence-electron chi connectivity index (χ0n) is 27.5. The Morgan fingerprint density at radius 1 is 0.478 bits per heavy atom. The van der Waals surface area contributed by atoms with E-state index >= 15 is 0 Å². The predicted molar refractivity (Wildman–Crippen MR) is 218 cm³/mol. The largest absolute Gasteiger partial charge is 0.358 e. The van der Waals surface area contributed by atoms with E-state index in [0.29, 0.717) is 0 Å². The molecule has 2 unspecified atom stereocenters. The van der Waals surface area contributed by atoms with Gasteiger partial charge in [-0.2, -0.15) is 0 Å². The summed E-state index contributed by atoms with van der Waals surface area (Å²) in [7, 11) is 8.00. The number of likely N-dealkylation sites (tertiary alicyclic amines) is 2. The van der Waals surface area contributed by atoms with E-state index < -0.39 is 0 Å². The van der Waals surface area contributed by atoms with Crippen molar-refractivity contribution < 1.29 is 9.59 Å². The Hall–Kier alpha value is 0.740. The Morgan fingerprint density at radius 2 is 0.804 bits per heavy atom. The van der Waals surface area contributed by atoms with Crippen molar-refractivity contribution in [2.75, 3.05) is 116 Å². The zero-order chi connectivity index (χ0) is 32.7. The van der Waals surface area contributed by atoms with Crippen LogP contribution in [0, 0.1) is 0 Å². The summed E-state index contributed by atoms with van der Waals surface area (Å²) in [5.41, 5.74) is 0. The Morgan fingerprint density at radius 3 is 1.15 bits per heavy atom. The van der Waals surface area contributed by atoms with Gasteiger partial charge in [0.05, 0.1) is 0 Å². The van der Waals surface area contributed by atoms with Crippen LogP contribution in [0.3, 0.4) is 0 Å². The molecule has 4 saturated heterocycles. The summed E-state index contributed by atoms with van der Waals surface area (Å²) < 4.78 is 2.00. The number of likely N-dealkylation sites (N-methyl/N-ethyl adjacent to an activating group) is 2. The molecule has 0 aromatic heterocycles. The van der Waals surface area contributed by atoms with Gasteiger partial charge in [-0.1, -0.05) is 93.1 Å². The summed E-state index contributed by atoms with van der Waals surface area (Å²) in [6.07, 6.45) is 7.45. The van der Waals surface area contributed by atoms with Crippen LogP contribution in [0.25, 0.3) is 0 Å². The van der Waals surface area contributed by atoms with Gasteiger partial charge in [0.1, 0.15) is 8.64 Å². The third-order valence-electron chi connectivity index (χ3n) is 8.65. The lowest BCUT2D eigenvalue weighted by Gasteiger charge is -2.32. The molecule has 8 nitrogen and oxygen atoms in total. The van der Waals surface area contributed by atoms with Crippen molar-refractivity contribution in [2.24, 2.45) is 0 Å². The molecule has 4 rings (SSSR count). The van der Waals surface area contributed by atoms with E-state index in [1.54, 1.807) is 23.5 Å². The number of hydrogen-bond donors (Lipinski definition) is 0. The first-order valence-corrected chi connectivity index (χ1v) is 23.7. The molecule has 0 radical (unpaired) electrons. The second-order valence-electron chi connectivity index (χ2n) is 12.4. The van der Waals surface area contributed by atoms with E-state index in [0.717, 1.165) is 110 Å². The number of piperidine rings is 2. The summed E-state index contributed by atoms with van der Waals surface area (Å²) in [5.74, 6) is 3.29. The minimum atomic E-state index is 0.194. The van der Waals surface area contributed by atoms with Crippen LogP contribution in [0.4, 0.5) is 9.59 Å². The van der Waals surface area contributed by atoms with Crippen LogP contribution in [-0.4, -0.2) is 175 Å². The van der Waals surface area contributed by atoms with Crippen LogP contribution >= 0.6 is 93.1 Å². The van der Waals surface area contributed by atoms with Crippen molar-refractivity contribution in [1.82, 2.24) is 29.4 Å². The lowest BCUT2D eigenvalue weighted by atomic mass is 10.1. The molecule has 2 amide bonds. The number of thioether (sulfide) groups is 4. The number of hydrogen-bond acceptors (Lipinski definition) is 12. The summed E-state index contributed by atoms with van der Waals surface area (Å²) in [6.45, 7) is 11.2. The molecule has 4 aliphatic rings. The Balaban J connectivity index is 1.34. The average molecular weight is 785 g/mol. The standard InChI is InChI=1S/C30H52N6O2S8/c1-31-13-17-33(18-14-31)27(37)41-21-25(23-43-29(39)35-9-5-3-6-10-35)45-46-26(24-44-30(40)36-11-7-4-8-12-36)22-42-28(38)34-19-15-32(2)16-20-34/h25-26H,3-24H2,1-2H3. The van der Waals surface area contributed by atoms with Gasteiger partial charge in [0.25, 0.3) is 10.5 Å². The number of nitrogens with zero attached hydrogens (tertiary/aromatic N) is 6. The van der Waals surface area contributed by atoms with E-state index in [4.69, 9.17) is 24.4 Å². The normalized spacial score (nSPS) is 21.7. The van der Waals surface area contributed by atoms with Gasteiger partial charge in [0, 0.05) is 112 Å². The summed E-state index contributed by atoms with van der Waals surface area (Å²) >= 11 is 18.2. The van der Waals surface area contributed by atoms with E-state index in [-0.39, 0.29) is 21.0 Å². The molecule has 262 valence electrons. The Bertz CT molecular complexity index is 895. The maximum atomic E-state index is 13.2. The van der Waals surface area contributed by atoms with Crippen molar-refractivity contribution in [3.63, 3.8) is 0 Å². The van der Waals surface area contributed by atoms with Gasteiger partial charge in [0.15, 0.2) is 0 Å². The van der Waals surface area contributed by atoms with Crippen LogP contribution in [0.15, 0.2) is 0 Å². The number of piperazine rings is 2. The van der Waals surface area contributed by atoms with Gasteiger partial charge >= 0.3 is 0 Å². The molecule has 0 spiro atoms. The molecule has 0 N–H and O–H groups in total. The SMILES string of the molecule is CN1CCN(C(=O)SCC(CSC(=S)N2CCCCC2)SSC(CSC(=O)N2CCN(C)CC2)CSC(=S)N2CCCCC2)CC1. The van der Waals surface area contributed by atoms with E-state index in [1.165, 1.54) is 62.0 Å². The van der Waals surface area contributed by atoms with Crippen LogP contribution in [0.2, 0.25) is 0 Å². The number of thiocarbonyl (C=S) groups is 2. The summed E-state index contributed by atoms with van der Waals surface area (Å²) in [6, 6.07) is 0. The zero-order valence-corrected chi connectivity index (χ0v) is 34.0. The first kappa shape index (κ1) is 39.5. The molecule has 0 bridgehead atoms. The molecule has 0 aromatic rings. The van der Waals surface area contributed by atoms with Gasteiger partial charge in [-0.25, -0.2) is 0 Å². The van der Waals surface area contributed by atoms with Gasteiger partial charge in [-0.15, -0.1) is 0 Å². The third kappa shape index (κ3) is 14.2. The number of rotatable bonds is 11. The monoisotopic (exact) mass is 784 g/mol. The lowest BCUT2D eigenvalue weighted by Crippen LogP contribution is -2.46. The van der Waals surface area contributed by atoms with Crippen molar-refractivity contribution in [1.29, 1.82) is 0 Å². The molecule has 2 atom stereocenters. The van der Waals surface area contributed by atoms with Crippen molar-refractivity contribution >= 4 is 112 Å². The van der Waals surface area contributed by atoms with Crippen molar-refractivity contribution in [3.05, 3.63) is 0 Å². The smallest absolute Gasteiger partial charge is 0.281 e. The summed E-state index contributed by atoms with van der Waals surface area (Å²) in [5, 5.41) is 0.914. The van der Waals surface area contributed by atoms with Crippen LogP contribution in [0.1, 0.15) is 38.5 Å². The Kier molecular flexibility index (Phi) is 18.8. The fraction of sp³-hybridized carbons (Fsp3) is 0.867. The minimum Gasteiger partial charge on any atom is -0.358 e. The van der Waals surface area contributed by atoms with Crippen molar-refractivity contribution in [3.8, 4) is 0 Å². The minimum absolute atomic E-state index is 0.194. The highest BCUT2D eigenvalue weighted by atomic mass is 33.1. The van der Waals surface area contributed by atoms with Crippen molar-refractivity contribution in [2.45, 2.75) is 49.0 Å². The highest BCUT2D eigenvalue weighted by Crippen LogP contribution is 2.38. The van der Waals surface area contributed by atoms with Gasteiger partial charge < -0.3 is 29.4 Å². The van der Waals surface area contributed by atoms with Gasteiger partial charge in [0.2, 0.25) is 0 Å². The van der Waals surface area contributed by atoms with Gasteiger partial charge in [-0.3, -0.25) is 9.59 Å². The molecule has 46 heavy (non-hydrogen) atoms. The first-order valence-electron chi connectivity index (χ1n) is 16.6. The Labute approximate surface area is 313 Å².